The van der Waals surface area contributed by atoms with Gasteiger partial charge in [0.05, 0.1) is 13.7 Å². The van der Waals surface area contributed by atoms with Crippen LogP contribution in [0.5, 0.6) is 5.75 Å². The molecule has 0 saturated carbocycles. The third-order valence-electron chi connectivity index (χ3n) is 2.64. The quantitative estimate of drug-likeness (QED) is 0.808. The lowest BCUT2D eigenvalue weighted by Crippen LogP contribution is -2.39. The van der Waals surface area contributed by atoms with E-state index in [-0.39, 0.29) is 5.75 Å². The van der Waals surface area contributed by atoms with E-state index in [4.69, 9.17) is 4.74 Å². The Kier molecular flexibility index (Phi) is 5.11. The second-order valence-corrected chi connectivity index (χ2v) is 4.06. The maximum atomic E-state index is 13.1. The van der Waals surface area contributed by atoms with Gasteiger partial charge in [-0.2, -0.15) is 8.78 Å². The summed E-state index contributed by atoms with van der Waals surface area (Å²) in [7, 11) is 1.27. The van der Waals surface area contributed by atoms with Crippen LogP contribution >= 0.6 is 0 Å². The van der Waals surface area contributed by atoms with E-state index in [2.05, 4.69) is 5.32 Å². The molecule has 0 aromatic heterocycles. The zero-order chi connectivity index (χ0) is 14.6. The van der Waals surface area contributed by atoms with Crippen molar-refractivity contribution in [2.45, 2.75) is 25.3 Å². The Morgan fingerprint density at radius 2 is 1.95 bits per heavy atom. The van der Waals surface area contributed by atoms with Gasteiger partial charge < -0.3 is 10.1 Å². The number of alkyl halides is 4. The number of benzene rings is 1. The van der Waals surface area contributed by atoms with Gasteiger partial charge in [-0.3, -0.25) is 0 Å². The Balaban J connectivity index is 2.71. The molecule has 0 heterocycles. The lowest BCUT2D eigenvalue weighted by atomic mass is 10.1. The van der Waals surface area contributed by atoms with Crippen LogP contribution in [0, 0.1) is 5.82 Å². The summed E-state index contributed by atoms with van der Waals surface area (Å²) in [6.45, 7) is 0.347. The molecule has 19 heavy (non-hydrogen) atoms. The second-order valence-electron chi connectivity index (χ2n) is 4.06. The van der Waals surface area contributed by atoms with Gasteiger partial charge in [-0.25, -0.2) is 13.2 Å². The van der Waals surface area contributed by atoms with Crippen LogP contribution in [-0.4, -0.2) is 26.0 Å². The van der Waals surface area contributed by atoms with E-state index in [1.54, 1.807) is 0 Å². The molecule has 1 aromatic carbocycles. The van der Waals surface area contributed by atoms with Crippen LogP contribution in [0.15, 0.2) is 18.2 Å². The number of nitrogens with one attached hydrogen (secondary N) is 1. The van der Waals surface area contributed by atoms with Crippen molar-refractivity contribution < 1.29 is 26.7 Å². The first-order chi connectivity index (χ1) is 8.77. The van der Waals surface area contributed by atoms with Crippen molar-refractivity contribution in [2.75, 3.05) is 13.7 Å². The van der Waals surface area contributed by atoms with E-state index in [1.165, 1.54) is 26.2 Å². The third-order valence-corrected chi connectivity index (χ3v) is 2.64. The Morgan fingerprint density at radius 3 is 2.47 bits per heavy atom. The van der Waals surface area contributed by atoms with E-state index in [9.17, 15) is 22.0 Å². The highest BCUT2D eigenvalue weighted by Crippen LogP contribution is 2.25. The van der Waals surface area contributed by atoms with Crippen molar-refractivity contribution in [1.29, 1.82) is 0 Å². The Hall–Kier alpha value is -1.37. The van der Waals surface area contributed by atoms with E-state index >= 15 is 0 Å². The molecule has 1 N–H and O–H groups in total. The maximum Gasteiger partial charge on any atom is 0.319 e. The third kappa shape index (κ3) is 4.05. The van der Waals surface area contributed by atoms with Gasteiger partial charge in [0.15, 0.2) is 11.6 Å². The molecule has 1 atom stereocenters. The summed E-state index contributed by atoms with van der Waals surface area (Å²) in [4.78, 5) is 0. The fraction of sp³-hybridized carbons (Fsp3) is 0.500. The summed E-state index contributed by atoms with van der Waals surface area (Å²) < 4.78 is 67.3. The van der Waals surface area contributed by atoms with Gasteiger partial charge in [-0.05, 0) is 24.6 Å². The van der Waals surface area contributed by atoms with Crippen molar-refractivity contribution in [2.24, 2.45) is 0 Å². The predicted molar refractivity (Wildman–Crippen MR) is 60.3 cm³/mol. The predicted octanol–water partition coefficient (Wildman–Crippen LogP) is 3.39. The van der Waals surface area contributed by atoms with Crippen LogP contribution in [0.3, 0.4) is 0 Å². The molecule has 0 spiro atoms. The van der Waals surface area contributed by atoms with Crippen molar-refractivity contribution in [3.05, 3.63) is 29.6 Å². The molecule has 0 aliphatic carbocycles. The average Bonchev–Trinajstić information content (AvgIpc) is 2.36. The number of methoxy groups -OCH3 is 1. The molecule has 1 unspecified atom stereocenters. The summed E-state index contributed by atoms with van der Waals surface area (Å²) in [5.41, 5.74) is 0.461. The first kappa shape index (κ1) is 15.7. The van der Waals surface area contributed by atoms with Crippen molar-refractivity contribution in [3.63, 3.8) is 0 Å². The Bertz CT molecular complexity index is 425. The van der Waals surface area contributed by atoms with Crippen LogP contribution in [0.4, 0.5) is 22.0 Å². The molecule has 108 valence electrons. The Labute approximate surface area is 107 Å². The summed E-state index contributed by atoms with van der Waals surface area (Å²) >= 11 is 0. The highest BCUT2D eigenvalue weighted by Gasteiger charge is 2.40. The van der Waals surface area contributed by atoms with Gasteiger partial charge in [0.1, 0.15) is 0 Å². The molecule has 0 aliphatic heterocycles. The smallest absolute Gasteiger partial charge is 0.319 e. The SMILES string of the molecule is COc1cc(C(C)NCC(F)(F)C(F)F)ccc1F. The number of hydrogen-bond donors (Lipinski definition) is 1. The molecule has 0 aliphatic rings. The zero-order valence-corrected chi connectivity index (χ0v) is 10.4. The lowest BCUT2D eigenvalue weighted by molar-refractivity contribution is -0.126. The van der Waals surface area contributed by atoms with Crippen molar-refractivity contribution >= 4 is 0 Å². The minimum absolute atomic E-state index is 0.0354. The molecule has 0 fully saturated rings. The zero-order valence-electron chi connectivity index (χ0n) is 10.4. The van der Waals surface area contributed by atoms with Gasteiger partial charge >= 0.3 is 12.3 Å². The molecule has 1 rings (SSSR count). The summed E-state index contributed by atoms with van der Waals surface area (Å²) in [6, 6.07) is 3.18. The van der Waals surface area contributed by atoms with E-state index in [1.807, 2.05) is 0 Å². The Morgan fingerprint density at radius 1 is 1.32 bits per heavy atom. The van der Waals surface area contributed by atoms with Gasteiger partial charge in [0.25, 0.3) is 0 Å². The van der Waals surface area contributed by atoms with Crippen molar-refractivity contribution in [3.8, 4) is 5.75 Å². The van der Waals surface area contributed by atoms with Crippen LogP contribution in [0.1, 0.15) is 18.5 Å². The van der Waals surface area contributed by atoms with E-state index < -0.39 is 30.8 Å². The number of rotatable bonds is 6. The van der Waals surface area contributed by atoms with Gasteiger partial charge in [-0.15, -0.1) is 0 Å². The number of halogens is 5. The van der Waals surface area contributed by atoms with Gasteiger partial charge in [-0.1, -0.05) is 6.07 Å². The molecular formula is C12H14F5NO. The van der Waals surface area contributed by atoms with Crippen LogP contribution in [0.2, 0.25) is 0 Å². The fourth-order valence-electron chi connectivity index (χ4n) is 1.43. The minimum Gasteiger partial charge on any atom is -0.494 e. The van der Waals surface area contributed by atoms with Gasteiger partial charge in [0.2, 0.25) is 0 Å². The highest BCUT2D eigenvalue weighted by molar-refractivity contribution is 5.31. The molecule has 1 aromatic rings. The first-order valence-electron chi connectivity index (χ1n) is 5.50. The molecule has 7 heteroatoms. The standard InChI is InChI=1S/C12H14F5NO/c1-7(18-6-12(16,17)11(14)15)8-3-4-9(13)10(5-8)19-2/h3-5,7,11,18H,6H2,1-2H3. The summed E-state index contributed by atoms with van der Waals surface area (Å²) in [5, 5.41) is 2.28. The molecule has 0 radical (unpaired) electrons. The largest absolute Gasteiger partial charge is 0.494 e. The lowest BCUT2D eigenvalue weighted by Gasteiger charge is -2.20. The van der Waals surface area contributed by atoms with E-state index in [0.717, 1.165) is 6.07 Å². The summed E-state index contributed by atoms with van der Waals surface area (Å²) in [5.74, 6) is -4.72. The van der Waals surface area contributed by atoms with Crippen LogP contribution in [-0.2, 0) is 0 Å². The number of ether oxygens (including phenoxy) is 1. The highest BCUT2D eigenvalue weighted by atomic mass is 19.3. The molecule has 2 nitrogen and oxygen atoms in total. The average molecular weight is 283 g/mol. The maximum absolute atomic E-state index is 13.1. The minimum atomic E-state index is -4.10. The van der Waals surface area contributed by atoms with Crippen LogP contribution in [0.25, 0.3) is 0 Å². The molecule has 0 saturated heterocycles. The van der Waals surface area contributed by atoms with E-state index in [0.29, 0.717) is 5.56 Å². The first-order valence-corrected chi connectivity index (χ1v) is 5.50. The normalized spacial score (nSPS) is 13.7. The monoisotopic (exact) mass is 283 g/mol. The topological polar surface area (TPSA) is 21.3 Å². The van der Waals surface area contributed by atoms with Crippen molar-refractivity contribution in [1.82, 2.24) is 5.32 Å². The van der Waals surface area contributed by atoms with Crippen LogP contribution < -0.4 is 10.1 Å². The van der Waals surface area contributed by atoms with Gasteiger partial charge in [0, 0.05) is 6.04 Å². The fourth-order valence-corrected chi connectivity index (χ4v) is 1.43. The molecule has 0 bridgehead atoms. The molecular weight excluding hydrogens is 269 g/mol. The molecule has 0 amide bonds. The second kappa shape index (κ2) is 6.18. The number of hydrogen-bond acceptors (Lipinski definition) is 2. The summed E-state index contributed by atoms with van der Waals surface area (Å²) in [6.07, 6.45) is -3.73.